The number of amides is 1. The van der Waals surface area contributed by atoms with Gasteiger partial charge < -0.3 is 28.7 Å². The highest BCUT2D eigenvalue weighted by Gasteiger charge is 2.22. The highest BCUT2D eigenvalue weighted by atomic mass is 16.5. The van der Waals surface area contributed by atoms with E-state index >= 15 is 0 Å². The molecule has 2 aromatic rings. The summed E-state index contributed by atoms with van der Waals surface area (Å²) in [5, 5.41) is 0. The predicted molar refractivity (Wildman–Crippen MR) is 116 cm³/mol. The van der Waals surface area contributed by atoms with Gasteiger partial charge in [0.05, 0.1) is 28.4 Å². The smallest absolute Gasteiger partial charge is 0.223 e. The molecule has 3 rings (SSSR count). The fourth-order valence-corrected chi connectivity index (χ4v) is 3.71. The summed E-state index contributed by atoms with van der Waals surface area (Å²) in [4.78, 5) is 17.0. The maximum Gasteiger partial charge on any atom is 0.223 e. The average Bonchev–Trinajstić information content (AvgIpc) is 2.81. The normalized spacial score (nSPS) is 13.7. The van der Waals surface area contributed by atoms with Gasteiger partial charge in [-0.25, -0.2) is 0 Å². The molecular weight excluding hydrogens is 384 g/mol. The first-order valence-corrected chi connectivity index (χ1v) is 10.0. The van der Waals surface area contributed by atoms with Crippen molar-refractivity contribution in [1.82, 2.24) is 4.90 Å². The lowest BCUT2D eigenvalue weighted by molar-refractivity contribution is -0.131. The number of piperazine rings is 1. The number of carbonyl (C=O) groups is 1. The van der Waals surface area contributed by atoms with Crippen molar-refractivity contribution in [3.05, 3.63) is 42.0 Å². The number of nitrogens with zero attached hydrogens (tertiary/aromatic N) is 2. The first-order valence-electron chi connectivity index (χ1n) is 10.0. The van der Waals surface area contributed by atoms with Crippen molar-refractivity contribution in [1.29, 1.82) is 0 Å². The summed E-state index contributed by atoms with van der Waals surface area (Å²) in [5.74, 6) is 2.77. The molecular formula is C23H30N2O5. The molecule has 0 aliphatic carbocycles. The molecule has 0 aromatic heterocycles. The molecule has 0 unspecified atom stereocenters. The molecule has 30 heavy (non-hydrogen) atoms. The number of rotatable bonds is 8. The van der Waals surface area contributed by atoms with E-state index in [-0.39, 0.29) is 5.91 Å². The van der Waals surface area contributed by atoms with Crippen LogP contribution in [0.25, 0.3) is 0 Å². The molecule has 1 amide bonds. The summed E-state index contributed by atoms with van der Waals surface area (Å²) in [6.07, 6.45) is 1.06. The van der Waals surface area contributed by atoms with Gasteiger partial charge in [-0.3, -0.25) is 4.79 Å². The van der Waals surface area contributed by atoms with Crippen LogP contribution in [0.4, 0.5) is 5.69 Å². The Bertz CT molecular complexity index is 837. The van der Waals surface area contributed by atoms with Crippen LogP contribution < -0.4 is 23.8 Å². The van der Waals surface area contributed by atoms with Crippen LogP contribution in [-0.4, -0.2) is 65.4 Å². The zero-order valence-electron chi connectivity index (χ0n) is 18.1. The number of methoxy groups -OCH3 is 4. The van der Waals surface area contributed by atoms with Crippen LogP contribution in [0.2, 0.25) is 0 Å². The van der Waals surface area contributed by atoms with Crippen LogP contribution in [0.5, 0.6) is 23.0 Å². The van der Waals surface area contributed by atoms with E-state index in [9.17, 15) is 4.79 Å². The number of aryl methyl sites for hydroxylation is 1. The minimum atomic E-state index is 0.161. The zero-order chi connectivity index (χ0) is 21.5. The zero-order valence-corrected chi connectivity index (χ0v) is 18.1. The highest BCUT2D eigenvalue weighted by Crippen LogP contribution is 2.38. The van der Waals surface area contributed by atoms with E-state index in [1.54, 1.807) is 28.4 Å². The molecule has 1 heterocycles. The molecule has 1 aliphatic heterocycles. The van der Waals surface area contributed by atoms with Crippen LogP contribution in [-0.2, 0) is 11.2 Å². The maximum absolute atomic E-state index is 12.7. The molecule has 162 valence electrons. The molecule has 7 heteroatoms. The fourth-order valence-electron chi connectivity index (χ4n) is 3.71. The van der Waals surface area contributed by atoms with Crippen molar-refractivity contribution in [3.8, 4) is 23.0 Å². The molecule has 1 fully saturated rings. The summed E-state index contributed by atoms with van der Waals surface area (Å²) in [5.41, 5.74) is 2.10. The summed E-state index contributed by atoms with van der Waals surface area (Å²) in [6, 6.07) is 11.8. The van der Waals surface area contributed by atoms with E-state index in [1.807, 2.05) is 35.2 Å². The number of carbonyl (C=O) groups excluding carboxylic acids is 1. The van der Waals surface area contributed by atoms with Crippen LogP contribution in [0.15, 0.2) is 36.4 Å². The van der Waals surface area contributed by atoms with E-state index in [4.69, 9.17) is 18.9 Å². The minimum Gasteiger partial charge on any atom is -0.497 e. The Balaban J connectivity index is 1.56. The van der Waals surface area contributed by atoms with Gasteiger partial charge in [-0.1, -0.05) is 6.07 Å². The third kappa shape index (κ3) is 4.90. The quantitative estimate of drug-likeness (QED) is 0.662. The van der Waals surface area contributed by atoms with Gasteiger partial charge in [0.25, 0.3) is 0 Å². The average molecular weight is 415 g/mol. The van der Waals surface area contributed by atoms with Crippen LogP contribution in [0.3, 0.4) is 0 Å². The molecule has 0 spiro atoms. The summed E-state index contributed by atoms with van der Waals surface area (Å²) >= 11 is 0. The molecule has 1 aliphatic rings. The standard InChI is InChI=1S/C23H30N2O5/c1-27-19-7-5-6-18(16-19)24-10-12-25(13-11-24)22(26)9-8-17-14-20(28-2)23(30-4)21(15-17)29-3/h5-7,14-16H,8-13H2,1-4H3. The minimum absolute atomic E-state index is 0.161. The number of hydrogen-bond acceptors (Lipinski definition) is 6. The SMILES string of the molecule is COc1cccc(N2CCN(C(=O)CCc3cc(OC)c(OC)c(OC)c3)CC2)c1. The first-order chi connectivity index (χ1) is 14.6. The van der Waals surface area contributed by atoms with E-state index in [2.05, 4.69) is 11.0 Å². The molecule has 0 bridgehead atoms. The summed E-state index contributed by atoms with van der Waals surface area (Å²) in [6.45, 7) is 3.04. The third-order valence-electron chi connectivity index (χ3n) is 5.40. The second kappa shape index (κ2) is 10.1. The lowest BCUT2D eigenvalue weighted by Crippen LogP contribution is -2.48. The second-order valence-electron chi connectivity index (χ2n) is 7.10. The Morgan fingerprint density at radius 3 is 2.10 bits per heavy atom. The van der Waals surface area contributed by atoms with Gasteiger partial charge in [-0.15, -0.1) is 0 Å². The largest absolute Gasteiger partial charge is 0.497 e. The fraction of sp³-hybridized carbons (Fsp3) is 0.435. The second-order valence-corrected chi connectivity index (χ2v) is 7.10. The predicted octanol–water partition coefficient (Wildman–Crippen LogP) is 3.00. The van der Waals surface area contributed by atoms with Crippen LogP contribution in [0, 0.1) is 0 Å². The van der Waals surface area contributed by atoms with Gasteiger partial charge in [0.1, 0.15) is 5.75 Å². The van der Waals surface area contributed by atoms with Gasteiger partial charge in [0.15, 0.2) is 11.5 Å². The molecule has 0 saturated carbocycles. The lowest BCUT2D eigenvalue weighted by Gasteiger charge is -2.36. The van der Waals surface area contributed by atoms with E-state index in [1.165, 1.54) is 0 Å². The highest BCUT2D eigenvalue weighted by molar-refractivity contribution is 5.77. The van der Waals surface area contributed by atoms with Crippen molar-refractivity contribution in [2.75, 3.05) is 59.5 Å². The first kappa shape index (κ1) is 21.6. The molecule has 7 nitrogen and oxygen atoms in total. The van der Waals surface area contributed by atoms with E-state index in [0.29, 0.717) is 43.2 Å². The summed E-state index contributed by atoms with van der Waals surface area (Å²) in [7, 11) is 6.43. The molecule has 0 radical (unpaired) electrons. The number of benzene rings is 2. The van der Waals surface area contributed by atoms with Crippen molar-refractivity contribution in [2.24, 2.45) is 0 Å². The van der Waals surface area contributed by atoms with Crippen LogP contribution in [0.1, 0.15) is 12.0 Å². The Morgan fingerprint density at radius 2 is 1.53 bits per heavy atom. The maximum atomic E-state index is 12.7. The van der Waals surface area contributed by atoms with Gasteiger partial charge in [0.2, 0.25) is 11.7 Å². The van der Waals surface area contributed by atoms with Gasteiger partial charge in [-0.05, 0) is 36.2 Å². The van der Waals surface area contributed by atoms with Crippen molar-refractivity contribution < 1.29 is 23.7 Å². The van der Waals surface area contributed by atoms with Gasteiger partial charge in [-0.2, -0.15) is 0 Å². The number of ether oxygens (including phenoxy) is 4. The Hall–Kier alpha value is -3.09. The monoisotopic (exact) mass is 414 g/mol. The van der Waals surface area contributed by atoms with Crippen LogP contribution >= 0.6 is 0 Å². The third-order valence-corrected chi connectivity index (χ3v) is 5.40. The topological polar surface area (TPSA) is 60.5 Å². The van der Waals surface area contributed by atoms with Crippen molar-refractivity contribution >= 4 is 11.6 Å². The molecule has 0 atom stereocenters. The molecule has 2 aromatic carbocycles. The van der Waals surface area contributed by atoms with E-state index < -0.39 is 0 Å². The van der Waals surface area contributed by atoms with Crippen molar-refractivity contribution in [2.45, 2.75) is 12.8 Å². The van der Waals surface area contributed by atoms with E-state index in [0.717, 1.165) is 30.1 Å². The Morgan fingerprint density at radius 1 is 0.867 bits per heavy atom. The molecule has 1 saturated heterocycles. The number of hydrogen-bond donors (Lipinski definition) is 0. The Kier molecular flexibility index (Phi) is 7.27. The van der Waals surface area contributed by atoms with Crippen molar-refractivity contribution in [3.63, 3.8) is 0 Å². The lowest BCUT2D eigenvalue weighted by atomic mass is 10.1. The van der Waals surface area contributed by atoms with Gasteiger partial charge in [0, 0.05) is 44.4 Å². The van der Waals surface area contributed by atoms with Gasteiger partial charge >= 0.3 is 0 Å². The Labute approximate surface area is 178 Å². The number of anilines is 1. The molecule has 0 N–H and O–H groups in total. The summed E-state index contributed by atoms with van der Waals surface area (Å²) < 4.78 is 21.5.